The van der Waals surface area contributed by atoms with Crippen LogP contribution >= 0.6 is 0 Å². The Bertz CT molecular complexity index is 4100. The van der Waals surface area contributed by atoms with Crippen molar-refractivity contribution in [2.75, 3.05) is 0 Å². The van der Waals surface area contributed by atoms with E-state index in [1.165, 1.54) is 31.5 Å². The van der Waals surface area contributed by atoms with E-state index in [0.717, 1.165) is 65.9 Å². The van der Waals surface area contributed by atoms with Gasteiger partial charge in [0.15, 0.2) is 13.9 Å². The van der Waals surface area contributed by atoms with Crippen molar-refractivity contribution in [2.45, 2.75) is 0 Å². The highest BCUT2D eigenvalue weighted by atomic mass is 28.3. The molecule has 0 bridgehead atoms. The Morgan fingerprint density at radius 2 is 0.629 bits per heavy atom. The Morgan fingerprint density at radius 1 is 0.271 bits per heavy atom. The van der Waals surface area contributed by atoms with Gasteiger partial charge in [-0.25, -0.2) is 0 Å². The van der Waals surface area contributed by atoms with Crippen LogP contribution in [-0.4, -0.2) is 36.7 Å². The summed E-state index contributed by atoms with van der Waals surface area (Å²) in [6.07, 6.45) is 0. The van der Waals surface area contributed by atoms with Crippen molar-refractivity contribution < 1.29 is 0 Å². The number of fused-ring (bicyclic) bond motifs is 9. The SMILES string of the molecule is c1ccc([Si](c2ccccc2)(c2ccccc2)c2cccc(-c3nc(-n4c5ccccc5c5ccccc54)nc(-n4c5ccccc5c5c(-n6c7ccccc7c7ccccc76)cccc54)n3)c2)cc1. The number of hydrogen-bond acceptors (Lipinski definition) is 3. The van der Waals surface area contributed by atoms with Gasteiger partial charge in [0.25, 0.3) is 0 Å². The number of rotatable bonds is 8. The van der Waals surface area contributed by atoms with E-state index in [-0.39, 0.29) is 0 Å². The van der Waals surface area contributed by atoms with Crippen LogP contribution in [0.1, 0.15) is 0 Å². The Hall–Kier alpha value is -9.17. The molecule has 0 spiro atoms. The molecular weight excluding hydrogens is 869 g/mol. The second-order valence-electron chi connectivity index (χ2n) is 18.0. The maximum absolute atomic E-state index is 5.59. The Morgan fingerprint density at radius 3 is 1.11 bits per heavy atom. The second-order valence-corrected chi connectivity index (χ2v) is 21.8. The predicted octanol–water partition coefficient (Wildman–Crippen LogP) is 12.2. The minimum atomic E-state index is -2.90. The molecule has 0 amide bonds. The van der Waals surface area contributed by atoms with Gasteiger partial charge in [-0.2, -0.15) is 15.0 Å². The lowest BCUT2D eigenvalue weighted by molar-refractivity contribution is 0.893. The van der Waals surface area contributed by atoms with Gasteiger partial charge in [0.05, 0.1) is 38.8 Å². The van der Waals surface area contributed by atoms with E-state index in [1.807, 2.05) is 0 Å². The molecule has 7 heteroatoms. The summed E-state index contributed by atoms with van der Waals surface area (Å²) in [6.45, 7) is 0. The van der Waals surface area contributed by atoms with E-state index in [1.54, 1.807) is 0 Å². The monoisotopic (exact) mass is 910 g/mol. The molecule has 4 heterocycles. The first-order valence-electron chi connectivity index (χ1n) is 23.8. The van der Waals surface area contributed by atoms with Gasteiger partial charge >= 0.3 is 0 Å². The van der Waals surface area contributed by atoms with Gasteiger partial charge in [-0.1, -0.05) is 212 Å². The van der Waals surface area contributed by atoms with Crippen molar-refractivity contribution in [2.24, 2.45) is 0 Å². The van der Waals surface area contributed by atoms with Crippen LogP contribution < -0.4 is 20.7 Å². The van der Waals surface area contributed by atoms with Crippen molar-refractivity contribution >= 4 is 94.2 Å². The molecular formula is C63H42N6Si. The summed E-state index contributed by atoms with van der Waals surface area (Å²) in [5.74, 6) is 1.67. The van der Waals surface area contributed by atoms with Gasteiger partial charge < -0.3 is 4.57 Å². The molecule has 14 aromatic rings. The standard InChI is InChI=1S/C63H42N6Si/c1-4-23-44(24-5-1)70(45-25-6-2-7-26-45,46-27-8-3-9-28-46)47-29-20-22-43(42-47)61-64-62(68-55-37-17-12-32-50(55)51-33-13-18-38-56(51)68)66-63(65-61)69-57-39-19-14-34-52(57)60-58(40-21-41-59(60)69)67-53-35-15-10-30-48(53)49-31-11-16-36-54(49)67/h1-42H. The molecule has 70 heavy (non-hydrogen) atoms. The van der Waals surface area contributed by atoms with Gasteiger partial charge in [0, 0.05) is 37.9 Å². The Kier molecular flexibility index (Phi) is 9.12. The summed E-state index contributed by atoms with van der Waals surface area (Å²) in [5.41, 5.74) is 8.39. The lowest BCUT2D eigenvalue weighted by Crippen LogP contribution is -2.74. The summed E-state index contributed by atoms with van der Waals surface area (Å²) < 4.78 is 6.86. The lowest BCUT2D eigenvalue weighted by atomic mass is 10.1. The number of nitrogens with zero attached hydrogens (tertiary/aromatic N) is 6. The fraction of sp³-hybridized carbons (Fsp3) is 0. The summed E-state index contributed by atoms with van der Waals surface area (Å²) in [7, 11) is -2.90. The van der Waals surface area contributed by atoms with E-state index >= 15 is 0 Å². The molecule has 0 aliphatic carbocycles. The second kappa shape index (κ2) is 16.0. The molecule has 0 saturated heterocycles. The minimum absolute atomic E-state index is 0.538. The highest BCUT2D eigenvalue weighted by molar-refractivity contribution is 7.19. The predicted molar refractivity (Wildman–Crippen MR) is 292 cm³/mol. The van der Waals surface area contributed by atoms with Crippen LogP contribution in [0.25, 0.3) is 94.4 Å². The van der Waals surface area contributed by atoms with Gasteiger partial charge in [-0.05, 0) is 63.2 Å². The van der Waals surface area contributed by atoms with Gasteiger partial charge in [-0.3, -0.25) is 9.13 Å². The topological polar surface area (TPSA) is 53.5 Å². The van der Waals surface area contributed by atoms with E-state index in [2.05, 4.69) is 268 Å². The fourth-order valence-corrected chi connectivity index (χ4v) is 16.2. The molecule has 0 aliphatic rings. The lowest BCUT2D eigenvalue weighted by Gasteiger charge is -2.34. The molecule has 4 aromatic heterocycles. The Labute approximate surface area is 404 Å². The smallest absolute Gasteiger partial charge is 0.240 e. The van der Waals surface area contributed by atoms with Gasteiger partial charge in [0.1, 0.15) is 0 Å². The van der Waals surface area contributed by atoms with Crippen LogP contribution in [0.15, 0.2) is 255 Å². The molecule has 0 aliphatic heterocycles. The summed E-state index contributed by atoms with van der Waals surface area (Å²) >= 11 is 0. The van der Waals surface area contributed by atoms with Crippen molar-refractivity contribution in [3.8, 4) is 29.0 Å². The van der Waals surface area contributed by atoms with Gasteiger partial charge in [-0.15, -0.1) is 0 Å². The largest absolute Gasteiger partial charge is 0.309 e. The average molecular weight is 911 g/mol. The van der Waals surface area contributed by atoms with Crippen molar-refractivity contribution in [1.82, 2.24) is 28.7 Å². The van der Waals surface area contributed by atoms with Crippen molar-refractivity contribution in [1.29, 1.82) is 0 Å². The van der Waals surface area contributed by atoms with Crippen LogP contribution in [0.3, 0.4) is 0 Å². The minimum Gasteiger partial charge on any atom is -0.309 e. The van der Waals surface area contributed by atoms with Crippen LogP contribution in [0.5, 0.6) is 0 Å². The highest BCUT2D eigenvalue weighted by Crippen LogP contribution is 2.40. The summed E-state index contributed by atoms with van der Waals surface area (Å²) in [6, 6.07) is 91.9. The molecule has 0 unspecified atom stereocenters. The zero-order valence-electron chi connectivity index (χ0n) is 37.9. The zero-order valence-corrected chi connectivity index (χ0v) is 38.9. The maximum atomic E-state index is 5.59. The van der Waals surface area contributed by atoms with E-state index < -0.39 is 8.07 Å². The van der Waals surface area contributed by atoms with E-state index in [4.69, 9.17) is 15.0 Å². The third-order valence-electron chi connectivity index (χ3n) is 14.3. The highest BCUT2D eigenvalue weighted by Gasteiger charge is 2.41. The Balaban J connectivity index is 1.07. The third-order valence-corrected chi connectivity index (χ3v) is 19.0. The molecule has 0 radical (unpaired) electrons. The zero-order chi connectivity index (χ0) is 46.2. The quantitative estimate of drug-likeness (QED) is 0.113. The van der Waals surface area contributed by atoms with Crippen molar-refractivity contribution in [3.63, 3.8) is 0 Å². The van der Waals surface area contributed by atoms with Crippen LogP contribution in [0, 0.1) is 0 Å². The van der Waals surface area contributed by atoms with Gasteiger partial charge in [0.2, 0.25) is 11.9 Å². The van der Waals surface area contributed by atoms with E-state index in [9.17, 15) is 0 Å². The van der Waals surface area contributed by atoms with Crippen LogP contribution in [-0.2, 0) is 0 Å². The number of benzene rings is 10. The molecule has 0 fully saturated rings. The van der Waals surface area contributed by atoms with E-state index in [0.29, 0.717) is 17.7 Å². The first-order chi connectivity index (χ1) is 34.8. The fourth-order valence-electron chi connectivity index (χ4n) is 11.4. The molecule has 0 saturated carbocycles. The average Bonchev–Trinajstić information content (AvgIpc) is 4.08. The normalized spacial score (nSPS) is 12.0. The molecule has 14 rings (SSSR count). The van der Waals surface area contributed by atoms with Crippen LogP contribution in [0.4, 0.5) is 0 Å². The molecule has 328 valence electrons. The number of aromatic nitrogens is 6. The molecule has 0 N–H and O–H groups in total. The molecule has 10 aromatic carbocycles. The molecule has 6 nitrogen and oxygen atoms in total. The summed E-state index contributed by atoms with van der Waals surface area (Å²) in [4.78, 5) is 16.7. The third kappa shape index (κ3) is 5.95. The number of hydrogen-bond donors (Lipinski definition) is 0. The summed E-state index contributed by atoms with van der Waals surface area (Å²) in [5, 5.41) is 12.1. The van der Waals surface area contributed by atoms with Crippen molar-refractivity contribution in [3.05, 3.63) is 255 Å². The maximum Gasteiger partial charge on any atom is 0.240 e. The number of para-hydroxylation sites is 5. The first kappa shape index (κ1) is 39.9. The molecule has 0 atom stereocenters. The first-order valence-corrected chi connectivity index (χ1v) is 25.8. The van der Waals surface area contributed by atoms with Crippen LogP contribution in [0.2, 0.25) is 0 Å².